The third-order valence-electron chi connectivity index (χ3n) is 5.12. The first kappa shape index (κ1) is 20.7. The molecule has 2 N–H and O–H groups in total. The summed E-state index contributed by atoms with van der Waals surface area (Å²) >= 11 is 12.6. The molecule has 1 aliphatic heterocycles. The maximum Gasteiger partial charge on any atom is 0.412 e. The van der Waals surface area contributed by atoms with Crippen molar-refractivity contribution in [1.82, 2.24) is 0 Å². The highest BCUT2D eigenvalue weighted by Gasteiger charge is 2.50. The van der Waals surface area contributed by atoms with Crippen LogP contribution in [0.25, 0.3) is 11.1 Å². The van der Waals surface area contributed by atoms with E-state index in [-0.39, 0.29) is 33.6 Å². The number of carboxylic acid groups (broad SMARTS) is 1. The van der Waals surface area contributed by atoms with Crippen molar-refractivity contribution in [3.8, 4) is 16.9 Å². The maximum atomic E-state index is 14.4. The maximum absolute atomic E-state index is 14.4. The fourth-order valence-corrected chi connectivity index (χ4v) is 3.88. The molecule has 2 aromatic rings. The van der Waals surface area contributed by atoms with E-state index in [1.54, 1.807) is 18.2 Å². The number of aliphatic hydroxyl groups is 1. The number of nitrogens with zero attached hydrogens (tertiary/aromatic N) is 1. The highest BCUT2D eigenvalue weighted by molar-refractivity contribution is 6.39. The van der Waals surface area contributed by atoms with Gasteiger partial charge < -0.3 is 14.9 Å². The normalized spacial score (nSPS) is 19.2. The minimum absolute atomic E-state index is 0.0341. The van der Waals surface area contributed by atoms with Crippen molar-refractivity contribution >= 4 is 35.0 Å². The van der Waals surface area contributed by atoms with Gasteiger partial charge in [-0.05, 0) is 18.2 Å². The standard InChI is InChI=1S/C20H20Cl2FNO4/c1-19(2,3)20(10-25)9-24(18(26)27)15-8-11(23)7-12(17(15)28-20)16-13(21)5-4-6-14(16)22/h4-8,25H,9-10H2,1-3H3,(H,26,27). The smallest absolute Gasteiger partial charge is 0.412 e. The third kappa shape index (κ3) is 3.30. The second-order valence-electron chi connectivity index (χ2n) is 7.77. The van der Waals surface area contributed by atoms with Gasteiger partial charge in [-0.25, -0.2) is 9.18 Å². The summed E-state index contributed by atoms with van der Waals surface area (Å²) in [6.07, 6.45) is -1.28. The number of halogens is 3. The molecule has 0 aliphatic carbocycles. The van der Waals surface area contributed by atoms with E-state index in [9.17, 15) is 19.4 Å². The summed E-state index contributed by atoms with van der Waals surface area (Å²) in [5.41, 5.74) is -1.30. The van der Waals surface area contributed by atoms with E-state index in [1.165, 1.54) is 6.07 Å². The summed E-state index contributed by atoms with van der Waals surface area (Å²) in [7, 11) is 0. The van der Waals surface area contributed by atoms with Crippen molar-refractivity contribution < 1.29 is 24.1 Å². The zero-order valence-electron chi connectivity index (χ0n) is 15.6. The molecule has 0 radical (unpaired) electrons. The minimum atomic E-state index is -1.28. The lowest BCUT2D eigenvalue weighted by Crippen LogP contribution is -2.62. The summed E-state index contributed by atoms with van der Waals surface area (Å²) in [5, 5.41) is 20.4. The van der Waals surface area contributed by atoms with Crippen LogP contribution in [0.5, 0.6) is 5.75 Å². The second kappa shape index (κ2) is 7.10. The van der Waals surface area contributed by atoms with E-state index < -0.39 is 29.5 Å². The molecule has 3 rings (SSSR count). The zero-order valence-corrected chi connectivity index (χ0v) is 17.1. The SMILES string of the molecule is CC(C)(C)C1(CO)CN(C(=O)O)c2cc(F)cc(-c3c(Cl)cccc3Cl)c2O1. The largest absolute Gasteiger partial charge is 0.480 e. The van der Waals surface area contributed by atoms with Crippen LogP contribution in [0.15, 0.2) is 30.3 Å². The molecule has 1 heterocycles. The Hall–Kier alpha value is -2.02. The van der Waals surface area contributed by atoms with Crippen LogP contribution in [0.1, 0.15) is 20.8 Å². The minimum Gasteiger partial charge on any atom is -0.480 e. The molecule has 0 fully saturated rings. The fourth-order valence-electron chi connectivity index (χ4n) is 3.28. The summed E-state index contributed by atoms with van der Waals surface area (Å²) in [6, 6.07) is 7.13. The van der Waals surface area contributed by atoms with Crippen molar-refractivity contribution in [1.29, 1.82) is 0 Å². The molecule has 1 atom stereocenters. The fraction of sp³-hybridized carbons (Fsp3) is 0.350. The Morgan fingerprint density at radius 1 is 1.29 bits per heavy atom. The van der Waals surface area contributed by atoms with Crippen LogP contribution in [-0.2, 0) is 0 Å². The Morgan fingerprint density at radius 2 is 1.89 bits per heavy atom. The molecule has 150 valence electrons. The predicted molar refractivity (Wildman–Crippen MR) is 107 cm³/mol. The molecular formula is C20H20Cl2FNO4. The average Bonchev–Trinajstić information content (AvgIpc) is 2.59. The Labute approximate surface area is 172 Å². The van der Waals surface area contributed by atoms with Crippen molar-refractivity contribution in [2.75, 3.05) is 18.1 Å². The van der Waals surface area contributed by atoms with Crippen molar-refractivity contribution in [3.05, 3.63) is 46.2 Å². The van der Waals surface area contributed by atoms with Gasteiger partial charge in [-0.3, -0.25) is 4.90 Å². The number of carbonyl (C=O) groups is 1. The molecule has 0 bridgehead atoms. The number of hydrogen-bond donors (Lipinski definition) is 2. The van der Waals surface area contributed by atoms with Crippen LogP contribution in [0.2, 0.25) is 10.0 Å². The molecule has 0 aromatic heterocycles. The van der Waals surface area contributed by atoms with Crippen LogP contribution in [0.3, 0.4) is 0 Å². The number of hydrogen-bond acceptors (Lipinski definition) is 3. The Morgan fingerprint density at radius 3 is 2.39 bits per heavy atom. The first-order valence-electron chi connectivity index (χ1n) is 8.59. The molecule has 1 amide bonds. The Balaban J connectivity index is 2.36. The number of fused-ring (bicyclic) bond motifs is 1. The van der Waals surface area contributed by atoms with Gasteiger partial charge in [0.15, 0.2) is 11.4 Å². The molecule has 0 spiro atoms. The summed E-state index contributed by atoms with van der Waals surface area (Å²) in [5.74, 6) is -0.555. The highest BCUT2D eigenvalue weighted by Crippen LogP contribution is 2.51. The van der Waals surface area contributed by atoms with Gasteiger partial charge in [0.25, 0.3) is 0 Å². The molecular weight excluding hydrogens is 408 g/mol. The van der Waals surface area contributed by atoms with Crippen molar-refractivity contribution in [2.45, 2.75) is 26.4 Å². The van der Waals surface area contributed by atoms with Crippen LogP contribution >= 0.6 is 23.2 Å². The molecule has 0 saturated heterocycles. The Kier molecular flexibility index (Phi) is 5.25. The van der Waals surface area contributed by atoms with Crippen LogP contribution in [-0.4, -0.2) is 35.1 Å². The Bertz CT molecular complexity index is 924. The van der Waals surface area contributed by atoms with Crippen molar-refractivity contribution in [3.63, 3.8) is 0 Å². The molecule has 1 unspecified atom stereocenters. The van der Waals surface area contributed by atoms with Gasteiger partial charge in [-0.2, -0.15) is 0 Å². The summed E-state index contributed by atoms with van der Waals surface area (Å²) in [6.45, 7) is 4.90. The van der Waals surface area contributed by atoms with Gasteiger partial charge in [0.1, 0.15) is 5.82 Å². The second-order valence-corrected chi connectivity index (χ2v) is 8.59. The van der Waals surface area contributed by atoms with E-state index in [0.717, 1.165) is 11.0 Å². The predicted octanol–water partition coefficient (Wildman–Crippen LogP) is 5.45. The highest BCUT2D eigenvalue weighted by atomic mass is 35.5. The van der Waals surface area contributed by atoms with Gasteiger partial charge >= 0.3 is 6.09 Å². The van der Waals surface area contributed by atoms with E-state index >= 15 is 0 Å². The van der Waals surface area contributed by atoms with Gasteiger partial charge in [0, 0.05) is 22.6 Å². The van der Waals surface area contributed by atoms with E-state index in [4.69, 9.17) is 27.9 Å². The molecule has 2 aromatic carbocycles. The molecule has 1 aliphatic rings. The van der Waals surface area contributed by atoms with Crippen LogP contribution < -0.4 is 9.64 Å². The van der Waals surface area contributed by atoms with Crippen LogP contribution in [0.4, 0.5) is 14.9 Å². The molecule has 8 heteroatoms. The quantitative estimate of drug-likeness (QED) is 0.667. The monoisotopic (exact) mass is 427 g/mol. The number of anilines is 1. The first-order valence-corrected chi connectivity index (χ1v) is 9.34. The number of aliphatic hydroxyl groups excluding tert-OH is 1. The first-order chi connectivity index (χ1) is 13.0. The molecule has 5 nitrogen and oxygen atoms in total. The van der Waals surface area contributed by atoms with Gasteiger partial charge in [0.05, 0.1) is 28.9 Å². The lowest BCUT2D eigenvalue weighted by Gasteiger charge is -2.49. The van der Waals surface area contributed by atoms with Gasteiger partial charge in [0.2, 0.25) is 0 Å². The van der Waals surface area contributed by atoms with E-state index in [1.807, 2.05) is 20.8 Å². The van der Waals surface area contributed by atoms with Gasteiger partial charge in [-0.1, -0.05) is 50.0 Å². The van der Waals surface area contributed by atoms with Gasteiger partial charge in [-0.15, -0.1) is 0 Å². The van der Waals surface area contributed by atoms with Crippen molar-refractivity contribution in [2.24, 2.45) is 5.41 Å². The number of rotatable bonds is 2. The summed E-state index contributed by atoms with van der Waals surface area (Å²) in [4.78, 5) is 12.9. The topological polar surface area (TPSA) is 70.0 Å². The zero-order chi connectivity index (χ0) is 20.9. The lowest BCUT2D eigenvalue weighted by molar-refractivity contribution is -0.0707. The average molecular weight is 428 g/mol. The number of amides is 1. The molecule has 28 heavy (non-hydrogen) atoms. The lowest BCUT2D eigenvalue weighted by atomic mass is 9.75. The number of benzene rings is 2. The number of ether oxygens (including phenoxy) is 1. The third-order valence-corrected chi connectivity index (χ3v) is 5.75. The molecule has 0 saturated carbocycles. The van der Waals surface area contributed by atoms with E-state index in [0.29, 0.717) is 5.56 Å². The van der Waals surface area contributed by atoms with Crippen LogP contribution in [0, 0.1) is 11.2 Å². The van der Waals surface area contributed by atoms with E-state index in [2.05, 4.69) is 0 Å². The summed E-state index contributed by atoms with van der Waals surface area (Å²) < 4.78 is 20.7.